The van der Waals surface area contributed by atoms with Crippen LogP contribution >= 0.6 is 0 Å². The van der Waals surface area contributed by atoms with Crippen molar-refractivity contribution in [1.82, 2.24) is 4.98 Å². The molecule has 0 spiro atoms. The predicted molar refractivity (Wildman–Crippen MR) is 70.4 cm³/mol. The van der Waals surface area contributed by atoms with Gasteiger partial charge in [0.25, 0.3) is 0 Å². The number of hydrogen-bond acceptors (Lipinski definition) is 4. The smallest absolute Gasteiger partial charge is 0.142 e. The number of rotatable bonds is 4. The summed E-state index contributed by atoms with van der Waals surface area (Å²) < 4.78 is 5.81. The van der Waals surface area contributed by atoms with Crippen LogP contribution in [0.15, 0.2) is 18.2 Å². The normalized spacial score (nSPS) is 19.6. The van der Waals surface area contributed by atoms with Crippen LogP contribution in [0.1, 0.15) is 31.9 Å². The SMILES string of the molecule is CCCOC1CCCN(c2cccc(C#N)n2)C1. The second-order valence-electron chi connectivity index (χ2n) is 4.57. The van der Waals surface area contributed by atoms with Crippen molar-refractivity contribution < 1.29 is 4.74 Å². The van der Waals surface area contributed by atoms with Crippen LogP contribution in [0.2, 0.25) is 0 Å². The third-order valence-electron chi connectivity index (χ3n) is 3.11. The van der Waals surface area contributed by atoms with Crippen LogP contribution in [-0.4, -0.2) is 30.8 Å². The number of ether oxygens (including phenoxy) is 1. The van der Waals surface area contributed by atoms with Crippen molar-refractivity contribution in [3.8, 4) is 6.07 Å². The van der Waals surface area contributed by atoms with Gasteiger partial charge in [0.1, 0.15) is 17.6 Å². The fourth-order valence-electron chi connectivity index (χ4n) is 2.23. The zero-order valence-corrected chi connectivity index (χ0v) is 10.8. The third kappa shape index (κ3) is 3.21. The number of piperidine rings is 1. The highest BCUT2D eigenvalue weighted by molar-refractivity contribution is 5.42. The second-order valence-corrected chi connectivity index (χ2v) is 4.57. The Balaban J connectivity index is 2.01. The molecule has 18 heavy (non-hydrogen) atoms. The Kier molecular flexibility index (Phi) is 4.54. The molecule has 1 atom stereocenters. The Hall–Kier alpha value is -1.60. The van der Waals surface area contributed by atoms with Gasteiger partial charge in [-0.05, 0) is 31.4 Å². The molecule has 2 heterocycles. The summed E-state index contributed by atoms with van der Waals surface area (Å²) in [7, 11) is 0. The summed E-state index contributed by atoms with van der Waals surface area (Å²) >= 11 is 0. The van der Waals surface area contributed by atoms with E-state index in [-0.39, 0.29) is 0 Å². The Morgan fingerprint density at radius 3 is 3.22 bits per heavy atom. The number of aromatic nitrogens is 1. The molecule has 0 aromatic carbocycles. The molecule has 1 unspecified atom stereocenters. The quantitative estimate of drug-likeness (QED) is 0.817. The summed E-state index contributed by atoms with van der Waals surface area (Å²) in [4.78, 5) is 6.55. The van der Waals surface area contributed by atoms with Gasteiger partial charge in [-0.3, -0.25) is 0 Å². The van der Waals surface area contributed by atoms with E-state index in [1.807, 2.05) is 12.1 Å². The van der Waals surface area contributed by atoms with E-state index in [2.05, 4.69) is 22.9 Å². The van der Waals surface area contributed by atoms with Gasteiger partial charge in [0, 0.05) is 19.7 Å². The van der Waals surface area contributed by atoms with Gasteiger partial charge in [-0.15, -0.1) is 0 Å². The molecule has 4 nitrogen and oxygen atoms in total. The molecular weight excluding hydrogens is 226 g/mol. The molecule has 1 aromatic heterocycles. The molecule has 1 aliphatic rings. The highest BCUT2D eigenvalue weighted by Gasteiger charge is 2.21. The fraction of sp³-hybridized carbons (Fsp3) is 0.571. The van der Waals surface area contributed by atoms with Crippen molar-refractivity contribution in [3.63, 3.8) is 0 Å². The van der Waals surface area contributed by atoms with Crippen LogP contribution in [0, 0.1) is 11.3 Å². The number of nitrogens with zero attached hydrogens (tertiary/aromatic N) is 3. The summed E-state index contributed by atoms with van der Waals surface area (Å²) in [6.45, 7) is 4.82. The van der Waals surface area contributed by atoms with Crippen molar-refractivity contribution in [2.45, 2.75) is 32.3 Å². The van der Waals surface area contributed by atoms with E-state index in [0.29, 0.717) is 11.8 Å². The second kappa shape index (κ2) is 6.36. The Morgan fingerprint density at radius 1 is 1.56 bits per heavy atom. The lowest BCUT2D eigenvalue weighted by molar-refractivity contribution is 0.0439. The molecule has 1 saturated heterocycles. The van der Waals surface area contributed by atoms with Crippen molar-refractivity contribution in [3.05, 3.63) is 23.9 Å². The number of hydrogen-bond donors (Lipinski definition) is 0. The lowest BCUT2D eigenvalue weighted by atomic mass is 10.1. The summed E-state index contributed by atoms with van der Waals surface area (Å²) in [5, 5.41) is 8.87. The molecule has 0 radical (unpaired) electrons. The van der Waals surface area contributed by atoms with Crippen molar-refractivity contribution >= 4 is 5.82 Å². The van der Waals surface area contributed by atoms with Crippen LogP contribution < -0.4 is 4.90 Å². The monoisotopic (exact) mass is 245 g/mol. The van der Waals surface area contributed by atoms with E-state index in [1.54, 1.807) is 6.07 Å². The average molecular weight is 245 g/mol. The van der Waals surface area contributed by atoms with Gasteiger partial charge in [-0.25, -0.2) is 4.98 Å². The summed E-state index contributed by atoms with van der Waals surface area (Å²) in [6.07, 6.45) is 3.59. The Bertz CT molecular complexity index is 427. The van der Waals surface area contributed by atoms with Gasteiger partial charge in [-0.1, -0.05) is 13.0 Å². The van der Waals surface area contributed by atoms with Gasteiger partial charge >= 0.3 is 0 Å². The zero-order valence-electron chi connectivity index (χ0n) is 10.8. The van der Waals surface area contributed by atoms with Gasteiger partial charge in [-0.2, -0.15) is 5.26 Å². The van der Waals surface area contributed by atoms with E-state index < -0.39 is 0 Å². The van der Waals surface area contributed by atoms with E-state index in [0.717, 1.165) is 44.8 Å². The topological polar surface area (TPSA) is 49.1 Å². The van der Waals surface area contributed by atoms with Crippen LogP contribution in [0.4, 0.5) is 5.82 Å². The minimum Gasteiger partial charge on any atom is -0.376 e. The predicted octanol–water partition coefficient (Wildman–Crippen LogP) is 2.35. The largest absolute Gasteiger partial charge is 0.376 e. The van der Waals surface area contributed by atoms with Gasteiger partial charge in [0.05, 0.1) is 6.10 Å². The number of anilines is 1. The minimum atomic E-state index is 0.297. The first-order valence-corrected chi connectivity index (χ1v) is 6.57. The molecule has 0 saturated carbocycles. The van der Waals surface area contributed by atoms with Crippen LogP contribution in [0.5, 0.6) is 0 Å². The van der Waals surface area contributed by atoms with Gasteiger partial charge in [0.2, 0.25) is 0 Å². The van der Waals surface area contributed by atoms with E-state index in [4.69, 9.17) is 10.00 Å². The van der Waals surface area contributed by atoms with E-state index in [9.17, 15) is 0 Å². The van der Waals surface area contributed by atoms with Gasteiger partial charge < -0.3 is 9.64 Å². The van der Waals surface area contributed by atoms with Crippen LogP contribution in [0.3, 0.4) is 0 Å². The molecule has 96 valence electrons. The standard InChI is InChI=1S/C14H19N3O/c1-2-9-18-13-6-4-8-17(11-13)14-7-3-5-12(10-15)16-14/h3,5,7,13H,2,4,6,8-9,11H2,1H3. The molecule has 0 amide bonds. The average Bonchev–Trinajstić information content (AvgIpc) is 2.45. The molecule has 4 heteroatoms. The highest BCUT2D eigenvalue weighted by atomic mass is 16.5. The van der Waals surface area contributed by atoms with Crippen molar-refractivity contribution in [1.29, 1.82) is 5.26 Å². The molecule has 1 aliphatic heterocycles. The summed E-state index contributed by atoms with van der Waals surface area (Å²) in [5.41, 5.74) is 0.476. The molecule has 2 rings (SSSR count). The van der Waals surface area contributed by atoms with Crippen LogP contribution in [0.25, 0.3) is 0 Å². The molecule has 0 N–H and O–H groups in total. The molecule has 1 aromatic rings. The summed E-state index contributed by atoms with van der Waals surface area (Å²) in [5.74, 6) is 0.888. The Labute approximate surface area is 108 Å². The molecule has 1 fully saturated rings. The lowest BCUT2D eigenvalue weighted by Crippen LogP contribution is -2.40. The first kappa shape index (κ1) is 12.8. The van der Waals surface area contributed by atoms with Crippen molar-refractivity contribution in [2.75, 3.05) is 24.6 Å². The Morgan fingerprint density at radius 2 is 2.44 bits per heavy atom. The number of pyridine rings is 1. The van der Waals surface area contributed by atoms with Crippen LogP contribution in [-0.2, 0) is 4.74 Å². The van der Waals surface area contributed by atoms with E-state index >= 15 is 0 Å². The number of nitriles is 1. The maximum Gasteiger partial charge on any atom is 0.142 e. The van der Waals surface area contributed by atoms with Gasteiger partial charge in [0.15, 0.2) is 0 Å². The highest BCUT2D eigenvalue weighted by Crippen LogP contribution is 2.19. The first-order valence-electron chi connectivity index (χ1n) is 6.57. The first-order chi connectivity index (χ1) is 8.83. The summed E-state index contributed by atoms with van der Waals surface area (Å²) in [6, 6.07) is 7.67. The molecule has 0 bridgehead atoms. The maximum absolute atomic E-state index is 8.87. The molecular formula is C14H19N3O. The zero-order chi connectivity index (χ0) is 12.8. The maximum atomic E-state index is 8.87. The van der Waals surface area contributed by atoms with Crippen molar-refractivity contribution in [2.24, 2.45) is 0 Å². The fourth-order valence-corrected chi connectivity index (χ4v) is 2.23. The molecule has 0 aliphatic carbocycles. The third-order valence-corrected chi connectivity index (χ3v) is 3.11. The lowest BCUT2D eigenvalue weighted by Gasteiger charge is -2.33. The van der Waals surface area contributed by atoms with E-state index in [1.165, 1.54) is 0 Å². The minimum absolute atomic E-state index is 0.297.